The van der Waals surface area contributed by atoms with Crippen molar-refractivity contribution in [3.63, 3.8) is 0 Å². The number of hydrogen-bond acceptors (Lipinski definition) is 4. The highest BCUT2D eigenvalue weighted by atomic mass is 35.5. The average molecular weight is 347 g/mol. The highest BCUT2D eigenvalue weighted by Gasteiger charge is 2.22. The second kappa shape index (κ2) is 8.15. The van der Waals surface area contributed by atoms with Crippen molar-refractivity contribution < 1.29 is 13.2 Å². The summed E-state index contributed by atoms with van der Waals surface area (Å²) < 4.78 is 33.2. The molecule has 0 bridgehead atoms. The summed E-state index contributed by atoms with van der Waals surface area (Å²) in [5.74, 6) is 0.909. The van der Waals surface area contributed by atoms with Crippen LogP contribution in [0.5, 0.6) is 5.75 Å². The summed E-state index contributed by atoms with van der Waals surface area (Å²) in [5.41, 5.74) is 0. The van der Waals surface area contributed by atoms with Gasteiger partial charge in [-0.1, -0.05) is 18.0 Å². The number of rotatable bonds is 9. The molecule has 0 saturated heterocycles. The summed E-state index contributed by atoms with van der Waals surface area (Å²) in [7, 11) is -1.79. The zero-order chi connectivity index (χ0) is 16.0. The molecule has 0 aliphatic heterocycles. The molecule has 2 N–H and O–H groups in total. The van der Waals surface area contributed by atoms with Gasteiger partial charge in [0.25, 0.3) is 0 Å². The second-order valence-electron chi connectivity index (χ2n) is 5.55. The van der Waals surface area contributed by atoms with E-state index in [0.717, 1.165) is 19.4 Å². The Kier molecular flexibility index (Phi) is 6.50. The molecule has 1 fully saturated rings. The van der Waals surface area contributed by atoms with Crippen LogP contribution in [0.25, 0.3) is 0 Å². The Bertz CT molecular complexity index is 588. The topological polar surface area (TPSA) is 67.4 Å². The Morgan fingerprint density at radius 3 is 2.73 bits per heavy atom. The minimum atomic E-state index is -3.62. The molecule has 0 unspecified atom stereocenters. The highest BCUT2D eigenvalue weighted by Crippen LogP contribution is 2.31. The molecule has 124 valence electrons. The van der Waals surface area contributed by atoms with E-state index in [1.54, 1.807) is 12.1 Å². The van der Waals surface area contributed by atoms with Gasteiger partial charge in [-0.05, 0) is 57.0 Å². The first-order chi connectivity index (χ1) is 10.5. The fourth-order valence-electron chi connectivity index (χ4n) is 2.23. The molecule has 1 aliphatic rings. The lowest BCUT2D eigenvalue weighted by molar-refractivity contribution is 0.177. The molecule has 1 aliphatic carbocycles. The van der Waals surface area contributed by atoms with Gasteiger partial charge in [-0.3, -0.25) is 0 Å². The van der Waals surface area contributed by atoms with Crippen molar-refractivity contribution in [1.82, 2.24) is 10.0 Å². The minimum absolute atomic E-state index is 0.115. The summed E-state index contributed by atoms with van der Waals surface area (Å²) in [4.78, 5) is 0.115. The normalized spacial score (nSPS) is 15.5. The fraction of sp³-hybridized carbons (Fsp3) is 0.600. The van der Waals surface area contributed by atoms with Gasteiger partial charge in [0.2, 0.25) is 10.0 Å². The monoisotopic (exact) mass is 346 g/mol. The van der Waals surface area contributed by atoms with Gasteiger partial charge in [0.1, 0.15) is 10.6 Å². The molecule has 0 radical (unpaired) electrons. The van der Waals surface area contributed by atoms with Crippen molar-refractivity contribution in [3.05, 3.63) is 23.2 Å². The zero-order valence-electron chi connectivity index (χ0n) is 12.8. The predicted molar refractivity (Wildman–Crippen MR) is 88.0 cm³/mol. The van der Waals surface area contributed by atoms with Crippen LogP contribution in [0.3, 0.4) is 0 Å². The summed E-state index contributed by atoms with van der Waals surface area (Å²) >= 11 is 5.95. The van der Waals surface area contributed by atoms with E-state index >= 15 is 0 Å². The number of nitrogens with one attached hydrogen (secondary N) is 2. The van der Waals surface area contributed by atoms with Crippen LogP contribution in [0, 0.1) is 5.92 Å². The molecule has 0 heterocycles. The standard InChI is InChI=1S/C15H23ClN2O3S/c1-17-8-3-9-18-22(19,20)15-10-13(16)6-7-14(15)21-11-12-4-2-5-12/h6-7,10,12,17-18H,2-5,8-9,11H2,1H3. The predicted octanol–water partition coefficient (Wildman–Crippen LogP) is 2.41. The minimum Gasteiger partial charge on any atom is -0.492 e. The molecule has 0 spiro atoms. The van der Waals surface area contributed by atoms with Gasteiger partial charge in [0.05, 0.1) is 6.61 Å². The largest absolute Gasteiger partial charge is 0.492 e. The molecule has 22 heavy (non-hydrogen) atoms. The molecule has 0 aromatic heterocycles. The van der Waals surface area contributed by atoms with Crippen LogP contribution in [0.2, 0.25) is 5.02 Å². The fourth-order valence-corrected chi connectivity index (χ4v) is 3.71. The van der Waals surface area contributed by atoms with E-state index in [1.807, 2.05) is 7.05 Å². The Balaban J connectivity index is 2.07. The smallest absolute Gasteiger partial charge is 0.244 e. The Morgan fingerprint density at radius 1 is 1.32 bits per heavy atom. The van der Waals surface area contributed by atoms with Crippen molar-refractivity contribution in [2.75, 3.05) is 26.7 Å². The first kappa shape index (κ1) is 17.5. The van der Waals surface area contributed by atoms with Crippen molar-refractivity contribution in [2.45, 2.75) is 30.6 Å². The quantitative estimate of drug-likeness (QED) is 0.674. The van der Waals surface area contributed by atoms with E-state index in [-0.39, 0.29) is 4.90 Å². The van der Waals surface area contributed by atoms with Crippen LogP contribution < -0.4 is 14.8 Å². The lowest BCUT2D eigenvalue weighted by atomic mass is 9.86. The van der Waals surface area contributed by atoms with Gasteiger partial charge in [-0.2, -0.15) is 0 Å². The third-order valence-electron chi connectivity index (χ3n) is 3.79. The van der Waals surface area contributed by atoms with Crippen molar-refractivity contribution in [1.29, 1.82) is 0 Å². The number of ether oxygens (including phenoxy) is 1. The Morgan fingerprint density at radius 2 is 2.09 bits per heavy atom. The van der Waals surface area contributed by atoms with Crippen LogP contribution in [-0.2, 0) is 10.0 Å². The zero-order valence-corrected chi connectivity index (χ0v) is 14.3. The van der Waals surface area contributed by atoms with Gasteiger partial charge in [0, 0.05) is 11.6 Å². The number of benzene rings is 1. The van der Waals surface area contributed by atoms with Crippen LogP contribution in [0.15, 0.2) is 23.1 Å². The summed E-state index contributed by atoms with van der Waals surface area (Å²) in [6.45, 7) is 1.69. The molecule has 0 amide bonds. The van der Waals surface area contributed by atoms with E-state index in [9.17, 15) is 8.42 Å². The summed E-state index contributed by atoms with van der Waals surface area (Å²) in [6, 6.07) is 4.72. The van der Waals surface area contributed by atoms with Gasteiger partial charge in [-0.25, -0.2) is 13.1 Å². The van der Waals surface area contributed by atoms with Crippen LogP contribution in [-0.4, -0.2) is 35.2 Å². The molecule has 1 aromatic rings. The van der Waals surface area contributed by atoms with Gasteiger partial charge in [-0.15, -0.1) is 0 Å². The molecular formula is C15H23ClN2O3S. The van der Waals surface area contributed by atoms with Crippen LogP contribution in [0.4, 0.5) is 0 Å². The van der Waals surface area contributed by atoms with E-state index in [4.69, 9.17) is 16.3 Å². The number of halogens is 1. The van der Waals surface area contributed by atoms with E-state index < -0.39 is 10.0 Å². The second-order valence-corrected chi connectivity index (χ2v) is 7.73. The average Bonchev–Trinajstić information content (AvgIpc) is 2.43. The lowest BCUT2D eigenvalue weighted by Crippen LogP contribution is -2.27. The lowest BCUT2D eigenvalue weighted by Gasteiger charge is -2.25. The molecular weight excluding hydrogens is 324 g/mol. The number of sulfonamides is 1. The molecule has 2 rings (SSSR count). The highest BCUT2D eigenvalue weighted by molar-refractivity contribution is 7.89. The third-order valence-corrected chi connectivity index (χ3v) is 5.51. The maximum Gasteiger partial charge on any atom is 0.244 e. The first-order valence-electron chi connectivity index (χ1n) is 7.59. The number of hydrogen-bond donors (Lipinski definition) is 2. The van der Waals surface area contributed by atoms with Crippen molar-refractivity contribution in [3.8, 4) is 5.75 Å². The summed E-state index contributed by atoms with van der Waals surface area (Å²) in [6.07, 6.45) is 4.25. The van der Waals surface area contributed by atoms with E-state index in [0.29, 0.717) is 36.3 Å². The molecule has 5 nitrogen and oxygen atoms in total. The maximum absolute atomic E-state index is 12.4. The van der Waals surface area contributed by atoms with Crippen LogP contribution in [0.1, 0.15) is 25.7 Å². The van der Waals surface area contributed by atoms with E-state index in [1.165, 1.54) is 12.5 Å². The molecule has 1 saturated carbocycles. The van der Waals surface area contributed by atoms with Gasteiger partial charge in [0.15, 0.2) is 0 Å². The third kappa shape index (κ3) is 4.84. The SMILES string of the molecule is CNCCCNS(=O)(=O)c1cc(Cl)ccc1OCC1CCC1. The van der Waals surface area contributed by atoms with Crippen LogP contribution >= 0.6 is 11.6 Å². The molecule has 0 atom stereocenters. The van der Waals surface area contributed by atoms with E-state index in [2.05, 4.69) is 10.0 Å². The van der Waals surface area contributed by atoms with Crippen molar-refractivity contribution in [2.24, 2.45) is 5.92 Å². The summed E-state index contributed by atoms with van der Waals surface area (Å²) in [5, 5.41) is 3.36. The Labute approximate surface area is 137 Å². The molecule has 1 aromatic carbocycles. The van der Waals surface area contributed by atoms with Crippen molar-refractivity contribution >= 4 is 21.6 Å². The maximum atomic E-state index is 12.4. The first-order valence-corrected chi connectivity index (χ1v) is 9.45. The Hall–Kier alpha value is -0.820. The van der Waals surface area contributed by atoms with Gasteiger partial charge < -0.3 is 10.1 Å². The molecule has 7 heteroatoms. The van der Waals surface area contributed by atoms with Gasteiger partial charge >= 0.3 is 0 Å².